The SMILES string of the molecule is CCCCCc1ccc(NCc2c(C)cccc2C)cc1. The molecule has 0 unspecified atom stereocenters. The Kier molecular flexibility index (Phi) is 5.86. The van der Waals surface area contributed by atoms with Crippen molar-refractivity contribution in [1.82, 2.24) is 0 Å². The molecule has 0 aliphatic rings. The summed E-state index contributed by atoms with van der Waals surface area (Å²) in [7, 11) is 0. The number of unbranched alkanes of at least 4 members (excludes halogenated alkanes) is 2. The molecule has 1 nitrogen and oxygen atoms in total. The molecule has 0 radical (unpaired) electrons. The molecule has 0 saturated carbocycles. The average Bonchev–Trinajstić information content (AvgIpc) is 2.48. The van der Waals surface area contributed by atoms with Gasteiger partial charge in [-0.05, 0) is 61.1 Å². The molecule has 1 heteroatoms. The van der Waals surface area contributed by atoms with Crippen LogP contribution in [0.1, 0.15) is 48.4 Å². The van der Waals surface area contributed by atoms with Gasteiger partial charge in [-0.2, -0.15) is 0 Å². The first-order valence-corrected chi connectivity index (χ1v) is 8.08. The fourth-order valence-electron chi connectivity index (χ4n) is 2.69. The van der Waals surface area contributed by atoms with Crippen LogP contribution in [0.2, 0.25) is 0 Å². The van der Waals surface area contributed by atoms with Gasteiger partial charge in [-0.3, -0.25) is 0 Å². The maximum atomic E-state index is 3.54. The third kappa shape index (κ3) is 4.63. The summed E-state index contributed by atoms with van der Waals surface area (Å²) in [4.78, 5) is 0. The lowest BCUT2D eigenvalue weighted by Gasteiger charge is -2.12. The van der Waals surface area contributed by atoms with Crippen LogP contribution in [0.4, 0.5) is 5.69 Å². The smallest absolute Gasteiger partial charge is 0.0406 e. The second-order valence-electron chi connectivity index (χ2n) is 5.88. The lowest BCUT2D eigenvalue weighted by Crippen LogP contribution is -2.03. The Bertz CT molecular complexity index is 534. The van der Waals surface area contributed by atoms with Crippen molar-refractivity contribution in [2.45, 2.75) is 53.0 Å². The standard InChI is InChI=1S/C20H27N/c1-4-5-6-10-18-11-13-19(14-12-18)21-15-20-16(2)8-7-9-17(20)3/h7-9,11-14,21H,4-6,10,15H2,1-3H3. The van der Waals surface area contributed by atoms with Crippen LogP contribution < -0.4 is 5.32 Å². The van der Waals surface area contributed by atoms with E-state index in [1.54, 1.807) is 0 Å². The third-order valence-electron chi connectivity index (χ3n) is 4.14. The van der Waals surface area contributed by atoms with Crippen LogP contribution in [-0.4, -0.2) is 0 Å². The van der Waals surface area contributed by atoms with Crippen molar-refractivity contribution in [3.05, 3.63) is 64.7 Å². The lowest BCUT2D eigenvalue weighted by atomic mass is 10.0. The Balaban J connectivity index is 1.92. The van der Waals surface area contributed by atoms with E-state index in [1.165, 1.54) is 53.6 Å². The van der Waals surface area contributed by atoms with Gasteiger partial charge in [-0.25, -0.2) is 0 Å². The molecule has 21 heavy (non-hydrogen) atoms. The molecule has 2 aromatic rings. The fraction of sp³-hybridized carbons (Fsp3) is 0.400. The van der Waals surface area contributed by atoms with Crippen LogP contribution in [0.5, 0.6) is 0 Å². The first kappa shape index (κ1) is 15.6. The minimum absolute atomic E-state index is 0.897. The second-order valence-corrected chi connectivity index (χ2v) is 5.88. The molecule has 0 aromatic heterocycles. The van der Waals surface area contributed by atoms with E-state index < -0.39 is 0 Å². The molecule has 2 aromatic carbocycles. The molecule has 0 atom stereocenters. The van der Waals surface area contributed by atoms with E-state index in [4.69, 9.17) is 0 Å². The van der Waals surface area contributed by atoms with E-state index in [9.17, 15) is 0 Å². The fourth-order valence-corrected chi connectivity index (χ4v) is 2.69. The zero-order valence-electron chi connectivity index (χ0n) is 13.6. The number of nitrogens with one attached hydrogen (secondary N) is 1. The van der Waals surface area contributed by atoms with Crippen LogP contribution >= 0.6 is 0 Å². The number of anilines is 1. The van der Waals surface area contributed by atoms with Gasteiger partial charge in [0, 0.05) is 12.2 Å². The van der Waals surface area contributed by atoms with E-state index in [0.717, 1.165) is 6.54 Å². The van der Waals surface area contributed by atoms with Crippen LogP contribution in [0.25, 0.3) is 0 Å². The predicted octanol–water partition coefficient (Wildman–Crippen LogP) is 5.65. The van der Waals surface area contributed by atoms with Crippen molar-refractivity contribution in [2.75, 3.05) is 5.32 Å². The molecule has 1 N–H and O–H groups in total. The van der Waals surface area contributed by atoms with Crippen LogP contribution in [0.15, 0.2) is 42.5 Å². The summed E-state index contributed by atoms with van der Waals surface area (Å²) in [6, 6.07) is 15.4. The topological polar surface area (TPSA) is 12.0 Å². The summed E-state index contributed by atoms with van der Waals surface area (Å²) >= 11 is 0. The largest absolute Gasteiger partial charge is 0.381 e. The van der Waals surface area contributed by atoms with Gasteiger partial charge in [0.15, 0.2) is 0 Å². The molecule has 0 aliphatic carbocycles. The normalized spacial score (nSPS) is 10.6. The van der Waals surface area contributed by atoms with Crippen LogP contribution in [0.3, 0.4) is 0 Å². The summed E-state index contributed by atoms with van der Waals surface area (Å²) in [5.74, 6) is 0. The zero-order valence-corrected chi connectivity index (χ0v) is 13.6. The summed E-state index contributed by atoms with van der Waals surface area (Å²) in [6.45, 7) is 7.51. The van der Waals surface area contributed by atoms with Crippen molar-refractivity contribution in [2.24, 2.45) is 0 Å². The lowest BCUT2D eigenvalue weighted by molar-refractivity contribution is 0.717. The summed E-state index contributed by atoms with van der Waals surface area (Å²) in [6.07, 6.45) is 5.11. The van der Waals surface area contributed by atoms with Crippen molar-refractivity contribution in [3.8, 4) is 0 Å². The van der Waals surface area contributed by atoms with Crippen molar-refractivity contribution in [1.29, 1.82) is 0 Å². The summed E-state index contributed by atoms with van der Waals surface area (Å²) < 4.78 is 0. The number of aryl methyl sites for hydroxylation is 3. The molecule has 0 fully saturated rings. The molecule has 0 amide bonds. The summed E-state index contributed by atoms with van der Waals surface area (Å²) in [5.41, 5.74) is 6.78. The molecular formula is C20H27N. The van der Waals surface area contributed by atoms with Gasteiger partial charge in [0.2, 0.25) is 0 Å². The Morgan fingerprint density at radius 3 is 2.14 bits per heavy atom. The number of hydrogen-bond donors (Lipinski definition) is 1. The molecule has 2 rings (SSSR count). The van der Waals surface area contributed by atoms with Gasteiger partial charge in [-0.1, -0.05) is 50.1 Å². The Morgan fingerprint density at radius 2 is 1.52 bits per heavy atom. The number of hydrogen-bond acceptors (Lipinski definition) is 1. The molecule has 112 valence electrons. The molecule has 0 bridgehead atoms. The van der Waals surface area contributed by atoms with Gasteiger partial charge in [-0.15, -0.1) is 0 Å². The highest BCUT2D eigenvalue weighted by molar-refractivity contribution is 5.46. The molecule has 0 heterocycles. The van der Waals surface area contributed by atoms with Crippen LogP contribution in [0, 0.1) is 13.8 Å². The maximum Gasteiger partial charge on any atom is 0.0406 e. The second kappa shape index (κ2) is 7.87. The van der Waals surface area contributed by atoms with Gasteiger partial charge < -0.3 is 5.32 Å². The maximum absolute atomic E-state index is 3.54. The van der Waals surface area contributed by atoms with E-state index in [-0.39, 0.29) is 0 Å². The molecule has 0 spiro atoms. The van der Waals surface area contributed by atoms with E-state index >= 15 is 0 Å². The van der Waals surface area contributed by atoms with E-state index in [2.05, 4.69) is 68.6 Å². The first-order valence-electron chi connectivity index (χ1n) is 8.08. The number of rotatable bonds is 7. The highest BCUT2D eigenvalue weighted by Crippen LogP contribution is 2.17. The van der Waals surface area contributed by atoms with Crippen molar-refractivity contribution in [3.63, 3.8) is 0 Å². The monoisotopic (exact) mass is 281 g/mol. The Hall–Kier alpha value is -1.76. The van der Waals surface area contributed by atoms with Gasteiger partial charge in [0.05, 0.1) is 0 Å². The predicted molar refractivity (Wildman–Crippen MR) is 92.9 cm³/mol. The van der Waals surface area contributed by atoms with Gasteiger partial charge in [0.25, 0.3) is 0 Å². The highest BCUT2D eigenvalue weighted by atomic mass is 14.9. The molecular weight excluding hydrogens is 254 g/mol. The van der Waals surface area contributed by atoms with Gasteiger partial charge >= 0.3 is 0 Å². The molecule has 0 aliphatic heterocycles. The minimum Gasteiger partial charge on any atom is -0.381 e. The average molecular weight is 281 g/mol. The quantitative estimate of drug-likeness (QED) is 0.647. The van der Waals surface area contributed by atoms with Crippen molar-refractivity contribution < 1.29 is 0 Å². The first-order chi connectivity index (χ1) is 10.2. The highest BCUT2D eigenvalue weighted by Gasteiger charge is 2.02. The van der Waals surface area contributed by atoms with Crippen molar-refractivity contribution >= 4 is 5.69 Å². The Labute approximate surface area is 129 Å². The summed E-state index contributed by atoms with van der Waals surface area (Å²) in [5, 5.41) is 3.54. The zero-order chi connectivity index (χ0) is 15.1. The third-order valence-corrected chi connectivity index (χ3v) is 4.14. The van der Waals surface area contributed by atoms with Crippen LogP contribution in [-0.2, 0) is 13.0 Å². The molecule has 0 saturated heterocycles. The van der Waals surface area contributed by atoms with E-state index in [0.29, 0.717) is 0 Å². The van der Waals surface area contributed by atoms with E-state index in [1.807, 2.05) is 0 Å². The minimum atomic E-state index is 0.897. The Morgan fingerprint density at radius 1 is 0.857 bits per heavy atom. The number of benzene rings is 2. The van der Waals surface area contributed by atoms with Gasteiger partial charge in [0.1, 0.15) is 0 Å².